The number of hydrogen-bond acceptors (Lipinski definition) is 9. The average Bonchev–Trinajstić information content (AvgIpc) is 3.08. The summed E-state index contributed by atoms with van der Waals surface area (Å²) in [5, 5.41) is 11.4. The zero-order valence-corrected chi connectivity index (χ0v) is 35.7. The van der Waals surface area contributed by atoms with Gasteiger partial charge in [-0.3, -0.25) is 13.6 Å². The lowest BCUT2D eigenvalue weighted by molar-refractivity contribution is -0.295. The van der Waals surface area contributed by atoms with Gasteiger partial charge in [0.15, 0.2) is 5.79 Å². The molecule has 10 heteroatoms. The van der Waals surface area contributed by atoms with E-state index in [1.165, 1.54) is 6.08 Å². The Labute approximate surface area is 322 Å². The van der Waals surface area contributed by atoms with Crippen LogP contribution in [0.4, 0.5) is 0 Å². The highest BCUT2D eigenvalue weighted by Crippen LogP contribution is 2.53. The fourth-order valence-electron chi connectivity index (χ4n) is 6.89. The number of esters is 1. The van der Waals surface area contributed by atoms with Crippen molar-refractivity contribution in [2.75, 3.05) is 13.2 Å². The van der Waals surface area contributed by atoms with Gasteiger partial charge in [-0.2, -0.15) is 0 Å². The zero-order chi connectivity index (χ0) is 39.9. The minimum absolute atomic E-state index is 0.0173. The van der Waals surface area contributed by atoms with Crippen LogP contribution in [-0.4, -0.2) is 60.6 Å². The van der Waals surface area contributed by atoms with Gasteiger partial charge >= 0.3 is 13.8 Å². The lowest BCUT2D eigenvalue weighted by Crippen LogP contribution is -2.46. The summed E-state index contributed by atoms with van der Waals surface area (Å²) < 4.78 is 51.2. The Morgan fingerprint density at radius 2 is 1.57 bits per heavy atom. The molecule has 0 spiro atoms. The summed E-state index contributed by atoms with van der Waals surface area (Å²) >= 11 is 0. The van der Waals surface area contributed by atoms with Crippen LogP contribution in [0.5, 0.6) is 0 Å². The highest BCUT2D eigenvalue weighted by molar-refractivity contribution is 7.48. The number of rotatable bonds is 11. The third-order valence-electron chi connectivity index (χ3n) is 9.97. The van der Waals surface area contributed by atoms with Crippen molar-refractivity contribution in [2.45, 2.75) is 145 Å². The average molecular weight is 765 g/mol. The van der Waals surface area contributed by atoms with Crippen LogP contribution >= 0.6 is 7.82 Å². The third kappa shape index (κ3) is 17.2. The largest absolute Gasteiger partial charge is 0.475 e. The second kappa shape index (κ2) is 22.6. The van der Waals surface area contributed by atoms with Crippen molar-refractivity contribution >= 4 is 13.8 Å². The van der Waals surface area contributed by atoms with Crippen molar-refractivity contribution in [1.82, 2.24) is 0 Å². The number of carbonyl (C=O) groups is 1. The van der Waals surface area contributed by atoms with Gasteiger partial charge in [0, 0.05) is 36.2 Å². The van der Waals surface area contributed by atoms with Gasteiger partial charge in [0.25, 0.3) is 0 Å². The molecule has 0 amide bonds. The lowest BCUT2D eigenvalue weighted by Gasteiger charge is -2.41. The zero-order valence-electron chi connectivity index (χ0n) is 34.8. The van der Waals surface area contributed by atoms with Gasteiger partial charge in [-0.15, -0.1) is 0 Å². The highest BCUT2D eigenvalue weighted by atomic mass is 31.2. The first-order chi connectivity index (χ1) is 24.8. The van der Waals surface area contributed by atoms with E-state index in [1.807, 2.05) is 86.6 Å². The maximum atomic E-state index is 14.3. The lowest BCUT2D eigenvalue weighted by atomic mass is 9.82. The van der Waals surface area contributed by atoms with E-state index in [9.17, 15) is 14.5 Å². The van der Waals surface area contributed by atoms with Crippen molar-refractivity contribution < 1.29 is 42.2 Å². The first-order valence-electron chi connectivity index (χ1n) is 19.9. The molecule has 0 aliphatic carbocycles. The van der Waals surface area contributed by atoms with Crippen LogP contribution in [0.15, 0.2) is 61.3 Å². The molecule has 2 heterocycles. The smallest absolute Gasteiger partial charge is 0.458 e. The van der Waals surface area contributed by atoms with Gasteiger partial charge in [0.2, 0.25) is 0 Å². The van der Waals surface area contributed by atoms with E-state index in [0.29, 0.717) is 12.8 Å². The summed E-state index contributed by atoms with van der Waals surface area (Å²) in [6.45, 7) is 28.3. The maximum absolute atomic E-state index is 14.3. The van der Waals surface area contributed by atoms with E-state index in [2.05, 4.69) is 39.5 Å². The first-order valence-corrected chi connectivity index (χ1v) is 21.4. The minimum atomic E-state index is -4.00. The highest BCUT2D eigenvalue weighted by Gasteiger charge is 2.40. The van der Waals surface area contributed by atoms with E-state index in [1.54, 1.807) is 12.2 Å². The van der Waals surface area contributed by atoms with Gasteiger partial charge in [-0.1, -0.05) is 124 Å². The summed E-state index contributed by atoms with van der Waals surface area (Å²) in [6.07, 6.45) is 17.2. The number of phosphoric acid groups is 1. The molecule has 0 aromatic carbocycles. The second-order valence-electron chi connectivity index (χ2n) is 16.9. The molecule has 0 saturated carbocycles. The fourth-order valence-corrected chi connectivity index (χ4v) is 8.68. The first kappa shape index (κ1) is 47.3. The fraction of sp³-hybridized carbons (Fsp3) is 0.744. The van der Waals surface area contributed by atoms with E-state index >= 15 is 0 Å². The van der Waals surface area contributed by atoms with Gasteiger partial charge in [0.05, 0.1) is 37.6 Å². The Morgan fingerprint density at radius 1 is 0.925 bits per heavy atom. The van der Waals surface area contributed by atoms with Crippen molar-refractivity contribution in [1.29, 1.82) is 0 Å². The number of aliphatic hydroxyl groups excluding tert-OH is 1. The van der Waals surface area contributed by atoms with Gasteiger partial charge in [0.1, 0.15) is 6.10 Å². The van der Waals surface area contributed by atoms with E-state index in [-0.39, 0.29) is 66.8 Å². The number of cyclic esters (lactones) is 1. The molecule has 0 radical (unpaired) electrons. The quantitative estimate of drug-likeness (QED) is 0.0951. The van der Waals surface area contributed by atoms with Crippen LogP contribution in [0.2, 0.25) is 0 Å². The molecule has 1 saturated heterocycles. The maximum Gasteiger partial charge on any atom is 0.475 e. The van der Waals surface area contributed by atoms with Gasteiger partial charge in [-0.25, -0.2) is 9.36 Å². The Hall–Kier alpha value is -1.84. The number of allylic oxidation sites excluding steroid dienone is 4. The van der Waals surface area contributed by atoms with E-state index < -0.39 is 43.8 Å². The van der Waals surface area contributed by atoms with Crippen LogP contribution < -0.4 is 0 Å². The summed E-state index contributed by atoms with van der Waals surface area (Å²) in [4.78, 5) is 13.4. The van der Waals surface area contributed by atoms with Crippen LogP contribution in [0.3, 0.4) is 0 Å². The molecule has 0 aromatic rings. The monoisotopic (exact) mass is 764 g/mol. The number of fused-ring (bicyclic) bond motifs is 2. The van der Waals surface area contributed by atoms with Crippen LogP contribution in [0.1, 0.15) is 109 Å². The molecule has 2 aliphatic rings. The molecule has 11 atom stereocenters. The standard InChI is InChI=1S/C43H73O9P/c1-14-15-18-34(9)42-36(11)38(52-53(46,47-27-29(2)3)48-28-30(4)5)24-21-31(6)25-35(10)41(45)33(8)22-23-37-26-39(51-43(12,13)50-37)32(7)19-16-17-20-40(44)49-42/h14-20,22-23,29-39,41-42,45H,1,21,24-28H2,2-13H3/b18-15-,19-16+,20-17-,23-22-/t31-,32+,33-,34-,35-,36-,37+,38+,39-,41-,42-/m0/s1. The van der Waals surface area contributed by atoms with Crippen LogP contribution in [0.25, 0.3) is 0 Å². The van der Waals surface area contributed by atoms with Crippen molar-refractivity contribution in [3.8, 4) is 0 Å². The SMILES string of the molecule is C=C/C=C\[C@H](C)[C@@H]1OC(=O)/C=C\C=C\[C@@H](C)[C@@H]2C[C@@H](/C=C\[C@H](C)[C@H](O)[C@@H](C)C[C@@H](C)CC[C@@H](OP(=O)(OCC(C)C)OCC(C)C)[C@@H]1C)OC(C)(C)O2. The van der Waals surface area contributed by atoms with Crippen molar-refractivity contribution in [2.24, 2.45) is 47.3 Å². The Morgan fingerprint density at radius 3 is 2.17 bits per heavy atom. The molecule has 9 nitrogen and oxygen atoms in total. The second-order valence-corrected chi connectivity index (χ2v) is 18.5. The predicted molar refractivity (Wildman–Crippen MR) is 214 cm³/mol. The molecule has 0 aromatic heterocycles. The molecule has 2 rings (SSSR count). The normalized spacial score (nSPS) is 35.2. The number of phosphoric ester groups is 1. The number of ether oxygens (including phenoxy) is 3. The molecular formula is C43H73O9P. The molecular weight excluding hydrogens is 691 g/mol. The summed E-state index contributed by atoms with van der Waals surface area (Å²) in [5.74, 6) is -1.47. The summed E-state index contributed by atoms with van der Waals surface area (Å²) in [5.41, 5.74) is 0. The van der Waals surface area contributed by atoms with Crippen molar-refractivity contribution in [3.05, 3.63) is 61.3 Å². The molecule has 1 fully saturated rings. The molecule has 53 heavy (non-hydrogen) atoms. The van der Waals surface area contributed by atoms with Crippen LogP contribution in [-0.2, 0) is 37.1 Å². The number of hydrogen-bond donors (Lipinski definition) is 1. The molecule has 1 N–H and O–H groups in total. The van der Waals surface area contributed by atoms with Gasteiger partial charge in [-0.05, 0) is 56.8 Å². The topological polar surface area (TPSA) is 110 Å². The minimum Gasteiger partial charge on any atom is -0.458 e. The Bertz CT molecular complexity index is 1250. The molecule has 2 bridgehead atoms. The molecule has 0 unspecified atom stereocenters. The van der Waals surface area contributed by atoms with Gasteiger partial charge < -0.3 is 19.3 Å². The van der Waals surface area contributed by atoms with Crippen LogP contribution in [0, 0.1) is 47.3 Å². The summed E-state index contributed by atoms with van der Waals surface area (Å²) in [7, 11) is -4.00. The Kier molecular flexibility index (Phi) is 20.2. The third-order valence-corrected chi connectivity index (χ3v) is 11.4. The Balaban J connectivity index is 2.56. The number of carbonyl (C=O) groups excluding carboxylic acids is 1. The summed E-state index contributed by atoms with van der Waals surface area (Å²) in [6, 6.07) is 0. The number of aliphatic hydroxyl groups is 1. The molecule has 304 valence electrons. The van der Waals surface area contributed by atoms with E-state index in [4.69, 9.17) is 27.8 Å². The molecule has 2 aliphatic heterocycles. The predicted octanol–water partition coefficient (Wildman–Crippen LogP) is 10.4. The van der Waals surface area contributed by atoms with Crippen molar-refractivity contribution in [3.63, 3.8) is 0 Å². The van der Waals surface area contributed by atoms with E-state index in [0.717, 1.165) is 12.8 Å².